The molecule has 4 rings (SSSR count). The summed E-state index contributed by atoms with van der Waals surface area (Å²) in [5, 5.41) is 5.59. The summed E-state index contributed by atoms with van der Waals surface area (Å²) < 4.78 is 17.9. The van der Waals surface area contributed by atoms with Crippen molar-refractivity contribution in [3.63, 3.8) is 0 Å². The number of nitrogens with one attached hydrogen (secondary N) is 1. The molecule has 2 heterocycles. The van der Waals surface area contributed by atoms with Crippen molar-refractivity contribution in [2.45, 2.75) is 6.92 Å². The SMILES string of the molecule is COc1cc(/C=C/C(=O)Nc2cnc(C)n2-c2nc(-c3ccccc3)cs2)cc(OC)c1OC. The summed E-state index contributed by atoms with van der Waals surface area (Å²) in [4.78, 5) is 21.8. The maximum atomic E-state index is 12.7. The number of carbonyl (C=O) groups is 1. The number of benzene rings is 2. The molecule has 0 radical (unpaired) electrons. The molecule has 34 heavy (non-hydrogen) atoms. The van der Waals surface area contributed by atoms with Crippen molar-refractivity contribution in [2.75, 3.05) is 26.6 Å². The van der Waals surface area contributed by atoms with Gasteiger partial charge in [0.25, 0.3) is 0 Å². The number of rotatable bonds is 8. The van der Waals surface area contributed by atoms with Gasteiger partial charge >= 0.3 is 0 Å². The first-order valence-corrected chi connectivity index (χ1v) is 11.3. The van der Waals surface area contributed by atoms with Crippen molar-refractivity contribution < 1.29 is 19.0 Å². The van der Waals surface area contributed by atoms with Crippen LogP contribution in [0.2, 0.25) is 0 Å². The zero-order valence-electron chi connectivity index (χ0n) is 19.2. The summed E-state index contributed by atoms with van der Waals surface area (Å²) in [6, 6.07) is 13.5. The Labute approximate surface area is 201 Å². The minimum absolute atomic E-state index is 0.310. The number of nitrogens with zero attached hydrogens (tertiary/aromatic N) is 3. The molecule has 0 saturated carbocycles. The van der Waals surface area contributed by atoms with Gasteiger partial charge in [-0.15, -0.1) is 11.3 Å². The Morgan fingerprint density at radius 3 is 2.41 bits per heavy atom. The van der Waals surface area contributed by atoms with Crippen LogP contribution in [0.1, 0.15) is 11.4 Å². The van der Waals surface area contributed by atoms with Crippen molar-refractivity contribution in [3.05, 3.63) is 71.5 Å². The Bertz CT molecular complexity index is 1300. The Balaban J connectivity index is 1.54. The van der Waals surface area contributed by atoms with Gasteiger partial charge in [-0.25, -0.2) is 9.97 Å². The van der Waals surface area contributed by atoms with Crippen LogP contribution >= 0.6 is 11.3 Å². The van der Waals surface area contributed by atoms with Crippen molar-refractivity contribution in [1.82, 2.24) is 14.5 Å². The second-order valence-electron chi connectivity index (χ2n) is 7.19. The number of aromatic nitrogens is 3. The predicted molar refractivity (Wildman–Crippen MR) is 133 cm³/mol. The molecule has 0 spiro atoms. The minimum atomic E-state index is -0.310. The van der Waals surface area contributed by atoms with E-state index in [1.165, 1.54) is 17.4 Å². The lowest BCUT2D eigenvalue weighted by Gasteiger charge is -2.12. The van der Waals surface area contributed by atoms with Gasteiger partial charge in [0.15, 0.2) is 16.6 Å². The number of aryl methyl sites for hydroxylation is 1. The molecule has 4 aromatic rings. The molecule has 0 aliphatic rings. The molecule has 0 aliphatic carbocycles. The van der Waals surface area contributed by atoms with Crippen molar-refractivity contribution in [3.8, 4) is 33.6 Å². The lowest BCUT2D eigenvalue weighted by Crippen LogP contribution is -2.12. The fraction of sp³-hybridized carbons (Fsp3) is 0.160. The van der Waals surface area contributed by atoms with E-state index >= 15 is 0 Å². The molecule has 0 aliphatic heterocycles. The van der Waals surface area contributed by atoms with E-state index in [9.17, 15) is 4.79 Å². The van der Waals surface area contributed by atoms with E-state index in [1.54, 1.807) is 45.7 Å². The van der Waals surface area contributed by atoms with E-state index in [1.807, 2.05) is 47.2 Å². The third kappa shape index (κ3) is 4.79. The van der Waals surface area contributed by atoms with E-state index in [0.29, 0.717) is 23.1 Å². The Morgan fingerprint density at radius 1 is 1.06 bits per heavy atom. The molecular formula is C25H24N4O4S. The van der Waals surface area contributed by atoms with Gasteiger partial charge < -0.3 is 19.5 Å². The minimum Gasteiger partial charge on any atom is -0.493 e. The lowest BCUT2D eigenvalue weighted by atomic mass is 10.1. The molecule has 0 bridgehead atoms. The lowest BCUT2D eigenvalue weighted by molar-refractivity contribution is -0.111. The summed E-state index contributed by atoms with van der Waals surface area (Å²) >= 11 is 1.48. The Morgan fingerprint density at radius 2 is 1.76 bits per heavy atom. The molecule has 0 unspecified atom stereocenters. The molecule has 0 fully saturated rings. The Kier molecular flexibility index (Phi) is 6.93. The number of imidazole rings is 1. The molecule has 174 valence electrons. The maximum absolute atomic E-state index is 12.7. The molecule has 2 aromatic heterocycles. The monoisotopic (exact) mass is 476 g/mol. The highest BCUT2D eigenvalue weighted by Crippen LogP contribution is 2.38. The first-order chi connectivity index (χ1) is 16.5. The predicted octanol–water partition coefficient (Wildman–Crippen LogP) is 4.98. The van der Waals surface area contributed by atoms with Crippen LogP contribution in [-0.2, 0) is 4.79 Å². The second-order valence-corrected chi connectivity index (χ2v) is 8.03. The fourth-order valence-electron chi connectivity index (χ4n) is 3.42. The van der Waals surface area contributed by atoms with Gasteiger partial charge in [-0.2, -0.15) is 0 Å². The van der Waals surface area contributed by atoms with E-state index in [-0.39, 0.29) is 5.91 Å². The highest BCUT2D eigenvalue weighted by Gasteiger charge is 2.15. The second kappa shape index (κ2) is 10.2. The number of amides is 1. The largest absolute Gasteiger partial charge is 0.493 e. The summed E-state index contributed by atoms with van der Waals surface area (Å²) in [5.74, 6) is 2.45. The van der Waals surface area contributed by atoms with Crippen LogP contribution in [0.3, 0.4) is 0 Å². The maximum Gasteiger partial charge on any atom is 0.249 e. The molecule has 2 aromatic carbocycles. The number of methoxy groups -OCH3 is 3. The molecule has 9 heteroatoms. The van der Waals surface area contributed by atoms with Gasteiger partial charge in [-0.05, 0) is 30.7 Å². The molecule has 8 nitrogen and oxygen atoms in total. The first kappa shape index (κ1) is 23.1. The first-order valence-electron chi connectivity index (χ1n) is 10.4. The molecule has 0 atom stereocenters. The normalized spacial score (nSPS) is 10.9. The topological polar surface area (TPSA) is 87.5 Å². The quantitative estimate of drug-likeness (QED) is 0.361. The van der Waals surface area contributed by atoms with E-state index < -0.39 is 0 Å². The van der Waals surface area contributed by atoms with Gasteiger partial charge in [0.2, 0.25) is 11.7 Å². The standard InChI is InChI=1S/C25H24N4O4S/c1-16-26-14-22(29(16)25-27-19(15-34-25)18-8-6-5-7-9-18)28-23(30)11-10-17-12-20(31-2)24(33-4)21(13-17)32-3/h5-15H,1-4H3,(H,28,30)/b11-10+. The van der Waals surface area contributed by atoms with Crippen LogP contribution in [0.15, 0.2) is 60.1 Å². The number of ether oxygens (including phenoxy) is 3. The molecule has 1 N–H and O–H groups in total. The third-order valence-electron chi connectivity index (χ3n) is 5.06. The molecule has 1 amide bonds. The highest BCUT2D eigenvalue weighted by atomic mass is 32.1. The van der Waals surface area contributed by atoms with Gasteiger partial charge in [-0.1, -0.05) is 30.3 Å². The van der Waals surface area contributed by atoms with Crippen molar-refractivity contribution in [1.29, 1.82) is 0 Å². The average Bonchev–Trinajstić information content (AvgIpc) is 3.49. The third-order valence-corrected chi connectivity index (χ3v) is 5.88. The van der Waals surface area contributed by atoms with Gasteiger partial charge in [0, 0.05) is 17.0 Å². The van der Waals surface area contributed by atoms with E-state index in [2.05, 4.69) is 10.3 Å². The highest BCUT2D eigenvalue weighted by molar-refractivity contribution is 7.12. The fourth-order valence-corrected chi connectivity index (χ4v) is 4.31. The summed E-state index contributed by atoms with van der Waals surface area (Å²) in [7, 11) is 4.63. The van der Waals surface area contributed by atoms with Crippen LogP contribution in [0.5, 0.6) is 17.2 Å². The van der Waals surface area contributed by atoms with E-state index in [0.717, 1.165) is 27.8 Å². The average molecular weight is 477 g/mol. The Hall–Kier alpha value is -4.11. The van der Waals surface area contributed by atoms with Gasteiger partial charge in [-0.3, -0.25) is 9.36 Å². The zero-order chi connectivity index (χ0) is 24.1. The van der Waals surface area contributed by atoms with Crippen LogP contribution in [0.4, 0.5) is 5.82 Å². The van der Waals surface area contributed by atoms with Crippen LogP contribution in [0, 0.1) is 6.92 Å². The van der Waals surface area contributed by atoms with Gasteiger partial charge in [0.1, 0.15) is 11.6 Å². The zero-order valence-corrected chi connectivity index (χ0v) is 20.1. The van der Waals surface area contributed by atoms with Crippen LogP contribution in [-0.4, -0.2) is 41.8 Å². The van der Waals surface area contributed by atoms with Crippen LogP contribution in [0.25, 0.3) is 22.5 Å². The van der Waals surface area contributed by atoms with Crippen molar-refractivity contribution >= 4 is 29.1 Å². The number of hydrogen-bond donors (Lipinski definition) is 1. The summed E-state index contributed by atoms with van der Waals surface area (Å²) in [6.07, 6.45) is 4.72. The van der Waals surface area contributed by atoms with Gasteiger partial charge in [0.05, 0.1) is 33.2 Å². The summed E-state index contributed by atoms with van der Waals surface area (Å²) in [6.45, 7) is 1.87. The number of carbonyl (C=O) groups excluding carboxylic acids is 1. The van der Waals surface area contributed by atoms with Crippen molar-refractivity contribution in [2.24, 2.45) is 0 Å². The number of hydrogen-bond acceptors (Lipinski definition) is 7. The summed E-state index contributed by atoms with van der Waals surface area (Å²) in [5.41, 5.74) is 2.62. The van der Waals surface area contributed by atoms with E-state index in [4.69, 9.17) is 19.2 Å². The molecular weight excluding hydrogens is 452 g/mol. The van der Waals surface area contributed by atoms with Crippen LogP contribution < -0.4 is 19.5 Å². The number of thiazole rings is 1. The molecule has 0 saturated heterocycles. The number of anilines is 1. The smallest absolute Gasteiger partial charge is 0.249 e.